The maximum Gasteiger partial charge on any atom is 0.0377 e. The molecule has 0 unspecified atom stereocenters. The van der Waals surface area contributed by atoms with Crippen molar-refractivity contribution in [2.75, 3.05) is 44.2 Å². The number of rotatable bonds is 6. The van der Waals surface area contributed by atoms with Crippen LogP contribution in [-0.4, -0.2) is 44.2 Å². The molecule has 1 aliphatic carbocycles. The number of benzene rings is 1. The number of anilines is 1. The van der Waals surface area contributed by atoms with Gasteiger partial charge in [0.15, 0.2) is 0 Å². The van der Waals surface area contributed by atoms with E-state index >= 15 is 0 Å². The van der Waals surface area contributed by atoms with Crippen molar-refractivity contribution in [3.63, 3.8) is 0 Å². The highest BCUT2D eigenvalue weighted by Crippen LogP contribution is 2.40. The average molecular weight is 316 g/mol. The second-order valence-electron chi connectivity index (χ2n) is 7.04. The topological polar surface area (TPSA) is 18.5 Å². The van der Waals surface area contributed by atoms with Gasteiger partial charge >= 0.3 is 0 Å². The summed E-state index contributed by atoms with van der Waals surface area (Å²) in [6, 6.07) is 10.1. The zero-order valence-electron chi connectivity index (χ0n) is 14.9. The molecule has 23 heavy (non-hydrogen) atoms. The molecule has 0 amide bonds. The molecule has 3 rings (SSSR count). The van der Waals surface area contributed by atoms with Crippen LogP contribution in [0.25, 0.3) is 0 Å². The predicted octanol–water partition coefficient (Wildman–Crippen LogP) is 3.67. The van der Waals surface area contributed by atoms with E-state index in [0.29, 0.717) is 6.04 Å². The van der Waals surface area contributed by atoms with Gasteiger partial charge in [-0.2, -0.15) is 0 Å². The molecular weight excluding hydrogens is 282 g/mol. The maximum absolute atomic E-state index is 3.50. The summed E-state index contributed by atoms with van der Waals surface area (Å²) in [6.07, 6.45) is 5.66. The van der Waals surface area contributed by atoms with Crippen LogP contribution in [0.15, 0.2) is 24.3 Å². The summed E-state index contributed by atoms with van der Waals surface area (Å²) in [5.41, 5.74) is 2.90. The highest BCUT2D eigenvalue weighted by atomic mass is 15.2. The van der Waals surface area contributed by atoms with Gasteiger partial charge in [-0.15, -0.1) is 0 Å². The van der Waals surface area contributed by atoms with Crippen LogP contribution in [0.5, 0.6) is 0 Å². The first kappa shape index (κ1) is 16.8. The highest BCUT2D eigenvalue weighted by molar-refractivity contribution is 5.48. The summed E-state index contributed by atoms with van der Waals surface area (Å²) in [7, 11) is 0. The van der Waals surface area contributed by atoms with Crippen molar-refractivity contribution in [3.05, 3.63) is 29.8 Å². The van der Waals surface area contributed by atoms with Gasteiger partial charge in [-0.25, -0.2) is 0 Å². The van der Waals surface area contributed by atoms with Gasteiger partial charge in [0.2, 0.25) is 0 Å². The Kier molecular flexibility index (Phi) is 5.96. The molecule has 1 heterocycles. The van der Waals surface area contributed by atoms with Crippen molar-refractivity contribution in [1.82, 2.24) is 10.2 Å². The molecule has 1 saturated heterocycles. The molecule has 0 aromatic heterocycles. The fraction of sp³-hybridized carbons (Fsp3) is 0.700. The summed E-state index contributed by atoms with van der Waals surface area (Å²) in [5, 5.41) is 3.50. The second kappa shape index (κ2) is 8.16. The fourth-order valence-electron chi connectivity index (χ4n) is 4.49. The third kappa shape index (κ3) is 3.89. The number of hydrogen-bond acceptors (Lipinski definition) is 3. The van der Waals surface area contributed by atoms with E-state index < -0.39 is 0 Å². The fourth-order valence-corrected chi connectivity index (χ4v) is 4.49. The Morgan fingerprint density at radius 3 is 2.22 bits per heavy atom. The smallest absolute Gasteiger partial charge is 0.0377 e. The molecule has 1 aromatic rings. The van der Waals surface area contributed by atoms with Crippen molar-refractivity contribution in [2.24, 2.45) is 5.92 Å². The van der Waals surface area contributed by atoms with E-state index in [1.807, 2.05) is 0 Å². The average Bonchev–Trinajstić information content (AvgIpc) is 3.13. The monoisotopic (exact) mass is 315 g/mol. The number of hydrogen-bond donors (Lipinski definition) is 1. The Balaban J connectivity index is 1.80. The van der Waals surface area contributed by atoms with Crippen LogP contribution in [-0.2, 0) is 0 Å². The lowest BCUT2D eigenvalue weighted by Gasteiger charge is -2.39. The van der Waals surface area contributed by atoms with Crippen LogP contribution in [0.3, 0.4) is 0 Å². The molecule has 128 valence electrons. The molecule has 3 nitrogen and oxygen atoms in total. The molecule has 0 bridgehead atoms. The maximum atomic E-state index is 3.50. The van der Waals surface area contributed by atoms with E-state index in [4.69, 9.17) is 0 Å². The number of nitrogens with one attached hydrogen (secondary N) is 1. The third-order valence-corrected chi connectivity index (χ3v) is 5.75. The van der Waals surface area contributed by atoms with Crippen molar-refractivity contribution < 1.29 is 0 Å². The molecule has 1 aliphatic heterocycles. The zero-order chi connectivity index (χ0) is 16.1. The molecule has 0 spiro atoms. The first-order valence-electron chi connectivity index (χ1n) is 9.63. The Labute approximate surface area is 142 Å². The van der Waals surface area contributed by atoms with Crippen molar-refractivity contribution in [3.8, 4) is 0 Å². The van der Waals surface area contributed by atoms with Gasteiger partial charge in [0, 0.05) is 51.0 Å². The van der Waals surface area contributed by atoms with Crippen LogP contribution in [0.2, 0.25) is 0 Å². The lowest BCUT2D eigenvalue weighted by atomic mass is 9.89. The van der Waals surface area contributed by atoms with Crippen LogP contribution in [0, 0.1) is 5.92 Å². The van der Waals surface area contributed by atoms with Crippen LogP contribution >= 0.6 is 0 Å². The molecule has 2 aliphatic rings. The minimum atomic E-state index is 0.630. The van der Waals surface area contributed by atoms with Gasteiger partial charge < -0.3 is 10.2 Å². The standard InChI is InChI=1S/C20H33N3/c1-3-22(4-2)19-11-9-18(10-12-19)20(17-7-5-6-8-17)23-15-13-21-14-16-23/h9-12,17,20-21H,3-8,13-16H2,1-2H3/t20-/m0/s1. The van der Waals surface area contributed by atoms with Gasteiger partial charge in [0.05, 0.1) is 0 Å². The van der Waals surface area contributed by atoms with E-state index in [1.54, 1.807) is 0 Å². The summed E-state index contributed by atoms with van der Waals surface area (Å²) in [5.74, 6) is 0.854. The molecule has 1 atom stereocenters. The molecule has 1 aromatic carbocycles. The molecule has 3 heteroatoms. The quantitative estimate of drug-likeness (QED) is 0.864. The van der Waals surface area contributed by atoms with Crippen LogP contribution < -0.4 is 10.2 Å². The number of piperazine rings is 1. The van der Waals surface area contributed by atoms with Crippen molar-refractivity contribution in [2.45, 2.75) is 45.6 Å². The van der Waals surface area contributed by atoms with E-state index in [1.165, 1.54) is 50.0 Å². The normalized spacial score (nSPS) is 21.5. The molecular formula is C20H33N3. The van der Waals surface area contributed by atoms with Gasteiger partial charge in [-0.1, -0.05) is 25.0 Å². The van der Waals surface area contributed by atoms with Crippen molar-refractivity contribution in [1.29, 1.82) is 0 Å². The molecule has 1 saturated carbocycles. The SMILES string of the molecule is CCN(CC)c1ccc([C@H](C2CCCC2)N2CCNCC2)cc1. The summed E-state index contributed by atoms with van der Waals surface area (Å²) in [4.78, 5) is 5.16. The van der Waals surface area contributed by atoms with Crippen molar-refractivity contribution >= 4 is 5.69 Å². The third-order valence-electron chi connectivity index (χ3n) is 5.75. The minimum Gasteiger partial charge on any atom is -0.372 e. The Hall–Kier alpha value is -1.06. The summed E-state index contributed by atoms with van der Waals surface area (Å²) >= 11 is 0. The lowest BCUT2D eigenvalue weighted by Crippen LogP contribution is -2.46. The minimum absolute atomic E-state index is 0.630. The van der Waals surface area contributed by atoms with Crippen LogP contribution in [0.4, 0.5) is 5.69 Å². The van der Waals surface area contributed by atoms with Crippen LogP contribution in [0.1, 0.15) is 51.1 Å². The van der Waals surface area contributed by atoms with E-state index in [2.05, 4.69) is 53.2 Å². The summed E-state index contributed by atoms with van der Waals surface area (Å²) < 4.78 is 0. The Morgan fingerprint density at radius 1 is 1.04 bits per heavy atom. The molecule has 0 radical (unpaired) electrons. The molecule has 1 N–H and O–H groups in total. The van der Waals surface area contributed by atoms with Gasteiger partial charge in [0.25, 0.3) is 0 Å². The van der Waals surface area contributed by atoms with Gasteiger partial charge in [-0.3, -0.25) is 4.90 Å². The summed E-state index contributed by atoms with van der Waals surface area (Å²) in [6.45, 7) is 11.3. The van der Waals surface area contributed by atoms with E-state index in [-0.39, 0.29) is 0 Å². The first-order chi connectivity index (χ1) is 11.3. The Morgan fingerprint density at radius 2 is 1.65 bits per heavy atom. The van der Waals surface area contributed by atoms with Gasteiger partial charge in [0.1, 0.15) is 0 Å². The highest BCUT2D eigenvalue weighted by Gasteiger charge is 2.31. The van der Waals surface area contributed by atoms with E-state index in [0.717, 1.165) is 32.1 Å². The first-order valence-corrected chi connectivity index (χ1v) is 9.63. The largest absolute Gasteiger partial charge is 0.372 e. The Bertz CT molecular complexity index is 454. The van der Waals surface area contributed by atoms with E-state index in [9.17, 15) is 0 Å². The number of nitrogens with zero attached hydrogens (tertiary/aromatic N) is 2. The molecule has 2 fully saturated rings. The zero-order valence-corrected chi connectivity index (χ0v) is 14.9. The van der Waals surface area contributed by atoms with Gasteiger partial charge in [-0.05, 0) is 50.3 Å². The second-order valence-corrected chi connectivity index (χ2v) is 7.04. The predicted molar refractivity (Wildman–Crippen MR) is 99.1 cm³/mol. The lowest BCUT2D eigenvalue weighted by molar-refractivity contribution is 0.125.